The van der Waals surface area contributed by atoms with E-state index < -0.39 is 18.1 Å². The minimum Gasteiger partial charge on any atom is -0.406 e. The van der Waals surface area contributed by atoms with Gasteiger partial charge in [-0.25, -0.2) is 9.80 Å². The van der Waals surface area contributed by atoms with Gasteiger partial charge < -0.3 is 10.5 Å². The van der Waals surface area contributed by atoms with Crippen molar-refractivity contribution in [3.8, 4) is 5.75 Å². The van der Waals surface area contributed by atoms with Gasteiger partial charge in [0.1, 0.15) is 10.7 Å². The van der Waals surface area contributed by atoms with Crippen LogP contribution in [0.3, 0.4) is 0 Å². The lowest BCUT2D eigenvalue weighted by molar-refractivity contribution is -0.274. The van der Waals surface area contributed by atoms with Crippen molar-refractivity contribution >= 4 is 28.9 Å². The van der Waals surface area contributed by atoms with Crippen LogP contribution in [0.1, 0.15) is 5.56 Å². The Morgan fingerprint density at radius 1 is 1.08 bits per heavy atom. The average molecular weight is 355 g/mol. The first kappa shape index (κ1) is 17.5. The minimum atomic E-state index is -4.79. The van der Waals surface area contributed by atoms with Crippen molar-refractivity contribution < 1.29 is 22.7 Å². The van der Waals surface area contributed by atoms with E-state index in [1.54, 1.807) is 30.3 Å². The SMILES string of the molecule is NC(=O)N(NC(=S)c1ccccc1)c1ccc(OC(F)(F)F)cc1. The van der Waals surface area contributed by atoms with Crippen molar-refractivity contribution in [2.45, 2.75) is 6.36 Å². The summed E-state index contributed by atoms with van der Waals surface area (Å²) < 4.78 is 40.2. The number of nitrogens with two attached hydrogens (primary N) is 1. The number of nitrogens with one attached hydrogen (secondary N) is 1. The lowest BCUT2D eigenvalue weighted by Gasteiger charge is -2.23. The summed E-state index contributed by atoms with van der Waals surface area (Å²) in [5.41, 5.74) is 8.79. The Bertz CT molecular complexity index is 721. The van der Waals surface area contributed by atoms with Crippen molar-refractivity contribution in [1.82, 2.24) is 5.43 Å². The van der Waals surface area contributed by atoms with E-state index >= 15 is 0 Å². The van der Waals surface area contributed by atoms with Crippen LogP contribution in [-0.2, 0) is 0 Å². The van der Waals surface area contributed by atoms with Crippen LogP contribution < -0.4 is 20.9 Å². The molecule has 9 heteroatoms. The molecule has 0 aliphatic carbocycles. The molecule has 2 aromatic rings. The zero-order valence-corrected chi connectivity index (χ0v) is 12.9. The summed E-state index contributed by atoms with van der Waals surface area (Å²) in [5.74, 6) is -0.415. The number of anilines is 1. The van der Waals surface area contributed by atoms with Gasteiger partial charge in [-0.3, -0.25) is 5.43 Å². The molecule has 0 atom stereocenters. The Kier molecular flexibility index (Phi) is 5.24. The number of thiocarbonyl (C=S) groups is 1. The molecule has 126 valence electrons. The van der Waals surface area contributed by atoms with Gasteiger partial charge in [-0.1, -0.05) is 42.5 Å². The Morgan fingerprint density at radius 3 is 2.17 bits per heavy atom. The number of rotatable bonds is 3. The molecule has 0 fully saturated rings. The Labute approximate surface area is 140 Å². The Balaban J connectivity index is 2.16. The Morgan fingerprint density at radius 2 is 1.67 bits per heavy atom. The monoisotopic (exact) mass is 355 g/mol. The first-order chi connectivity index (χ1) is 11.3. The molecule has 0 heterocycles. The first-order valence-electron chi connectivity index (χ1n) is 6.57. The van der Waals surface area contributed by atoms with Crippen molar-refractivity contribution in [3.63, 3.8) is 0 Å². The summed E-state index contributed by atoms with van der Waals surface area (Å²) >= 11 is 5.18. The summed E-state index contributed by atoms with van der Waals surface area (Å²) in [7, 11) is 0. The zero-order chi connectivity index (χ0) is 17.7. The molecule has 24 heavy (non-hydrogen) atoms. The topological polar surface area (TPSA) is 67.6 Å². The smallest absolute Gasteiger partial charge is 0.406 e. The van der Waals surface area contributed by atoms with Crippen LogP contribution in [0.5, 0.6) is 5.75 Å². The van der Waals surface area contributed by atoms with Gasteiger partial charge in [-0.2, -0.15) is 0 Å². The largest absolute Gasteiger partial charge is 0.573 e. The van der Waals surface area contributed by atoms with Crippen LogP contribution in [-0.4, -0.2) is 17.4 Å². The van der Waals surface area contributed by atoms with Gasteiger partial charge in [0, 0.05) is 5.56 Å². The fraction of sp³-hybridized carbons (Fsp3) is 0.0667. The molecule has 2 amide bonds. The highest BCUT2D eigenvalue weighted by Gasteiger charge is 2.31. The van der Waals surface area contributed by atoms with Gasteiger partial charge in [0.25, 0.3) is 0 Å². The van der Waals surface area contributed by atoms with E-state index in [2.05, 4.69) is 10.2 Å². The maximum absolute atomic E-state index is 12.2. The molecule has 5 nitrogen and oxygen atoms in total. The molecule has 2 aromatic carbocycles. The number of carbonyl (C=O) groups excluding carboxylic acids is 1. The molecule has 0 saturated carbocycles. The molecular formula is C15H12F3N3O2S. The zero-order valence-electron chi connectivity index (χ0n) is 12.1. The van der Waals surface area contributed by atoms with E-state index in [0.717, 1.165) is 17.1 Å². The summed E-state index contributed by atoms with van der Waals surface area (Å²) in [6, 6.07) is 12.5. The molecule has 0 radical (unpaired) electrons. The number of carbonyl (C=O) groups is 1. The van der Waals surface area contributed by atoms with Crippen molar-refractivity contribution in [2.24, 2.45) is 5.73 Å². The lowest BCUT2D eigenvalue weighted by atomic mass is 10.2. The molecule has 0 aromatic heterocycles. The van der Waals surface area contributed by atoms with Crippen LogP contribution in [0.4, 0.5) is 23.7 Å². The number of halogens is 3. The molecule has 0 aliphatic rings. The van der Waals surface area contributed by atoms with E-state index in [0.29, 0.717) is 5.56 Å². The number of nitrogens with zero attached hydrogens (tertiary/aromatic N) is 1. The molecule has 0 aliphatic heterocycles. The summed E-state index contributed by atoms with van der Waals surface area (Å²) in [6.45, 7) is 0. The fourth-order valence-corrected chi connectivity index (χ4v) is 2.03. The van der Waals surface area contributed by atoms with Gasteiger partial charge in [-0.05, 0) is 24.3 Å². The standard InChI is InChI=1S/C15H12F3N3O2S/c16-15(17,18)23-12-8-6-11(7-9-12)21(14(19)22)20-13(24)10-4-2-1-3-5-10/h1-9H,(H2,19,22)(H,20,24). The third-order valence-corrected chi connectivity index (χ3v) is 3.13. The van der Waals surface area contributed by atoms with Crippen LogP contribution in [0, 0.1) is 0 Å². The number of urea groups is 1. The van der Waals surface area contributed by atoms with Crippen LogP contribution in [0.2, 0.25) is 0 Å². The molecular weight excluding hydrogens is 343 g/mol. The number of ether oxygens (including phenoxy) is 1. The lowest BCUT2D eigenvalue weighted by Crippen LogP contribution is -2.48. The number of hydrogen-bond acceptors (Lipinski definition) is 3. The van der Waals surface area contributed by atoms with E-state index in [1.807, 2.05) is 0 Å². The van der Waals surface area contributed by atoms with Gasteiger partial charge >= 0.3 is 12.4 Å². The number of primary amides is 1. The number of hydrogen-bond donors (Lipinski definition) is 2. The van der Waals surface area contributed by atoms with E-state index in [-0.39, 0.29) is 10.7 Å². The maximum atomic E-state index is 12.2. The average Bonchev–Trinajstić information content (AvgIpc) is 2.52. The second kappa shape index (κ2) is 7.18. The van der Waals surface area contributed by atoms with E-state index in [4.69, 9.17) is 18.0 Å². The second-order valence-electron chi connectivity index (χ2n) is 4.52. The van der Waals surface area contributed by atoms with Crippen LogP contribution >= 0.6 is 12.2 Å². The summed E-state index contributed by atoms with van der Waals surface area (Å²) in [6.07, 6.45) is -4.79. The van der Waals surface area contributed by atoms with Crippen molar-refractivity contribution in [2.75, 3.05) is 5.01 Å². The van der Waals surface area contributed by atoms with Gasteiger partial charge in [0.15, 0.2) is 0 Å². The normalized spacial score (nSPS) is 10.8. The van der Waals surface area contributed by atoms with E-state index in [9.17, 15) is 18.0 Å². The van der Waals surface area contributed by atoms with Crippen molar-refractivity contribution in [1.29, 1.82) is 0 Å². The summed E-state index contributed by atoms with van der Waals surface area (Å²) in [4.78, 5) is 11.8. The highest BCUT2D eigenvalue weighted by atomic mass is 32.1. The predicted molar refractivity (Wildman–Crippen MR) is 86.5 cm³/mol. The molecule has 3 N–H and O–H groups in total. The quantitative estimate of drug-likeness (QED) is 0.655. The second-order valence-corrected chi connectivity index (χ2v) is 4.93. The highest BCUT2D eigenvalue weighted by molar-refractivity contribution is 7.80. The van der Waals surface area contributed by atoms with Crippen molar-refractivity contribution in [3.05, 3.63) is 60.2 Å². The fourth-order valence-electron chi connectivity index (χ4n) is 1.80. The van der Waals surface area contributed by atoms with E-state index in [1.165, 1.54) is 12.1 Å². The number of alkyl halides is 3. The molecule has 2 rings (SSSR count). The third kappa shape index (κ3) is 4.85. The number of benzene rings is 2. The highest BCUT2D eigenvalue weighted by Crippen LogP contribution is 2.25. The summed E-state index contributed by atoms with van der Waals surface area (Å²) in [5, 5.41) is 0.923. The van der Waals surface area contributed by atoms with Gasteiger partial charge in [-0.15, -0.1) is 13.2 Å². The molecule has 0 saturated heterocycles. The molecule has 0 bridgehead atoms. The van der Waals surface area contributed by atoms with Gasteiger partial charge in [0.05, 0.1) is 5.69 Å². The third-order valence-electron chi connectivity index (χ3n) is 2.80. The number of hydrazine groups is 1. The molecule has 0 unspecified atom stereocenters. The first-order valence-corrected chi connectivity index (χ1v) is 6.98. The predicted octanol–water partition coefficient (Wildman–Crippen LogP) is 3.35. The number of amides is 2. The maximum Gasteiger partial charge on any atom is 0.573 e. The van der Waals surface area contributed by atoms with Crippen LogP contribution in [0.15, 0.2) is 54.6 Å². The minimum absolute atomic E-state index is 0.204. The van der Waals surface area contributed by atoms with Crippen LogP contribution in [0.25, 0.3) is 0 Å². The Hall–Kier alpha value is -2.81. The van der Waals surface area contributed by atoms with Gasteiger partial charge in [0.2, 0.25) is 0 Å². The molecule has 0 spiro atoms.